The van der Waals surface area contributed by atoms with Crippen LogP contribution in [0.4, 0.5) is 22.0 Å². The summed E-state index contributed by atoms with van der Waals surface area (Å²) < 4.78 is 81.1. The number of esters is 1. The lowest BCUT2D eigenvalue weighted by atomic mass is 9.89. The van der Waals surface area contributed by atoms with Crippen LogP contribution in [0.5, 0.6) is 0 Å². The summed E-state index contributed by atoms with van der Waals surface area (Å²) in [6.07, 6.45) is -4.58. The zero-order valence-corrected chi connectivity index (χ0v) is 29.6. The first-order valence-corrected chi connectivity index (χ1v) is 16.3. The first-order chi connectivity index (χ1) is 23.4. The predicted molar refractivity (Wildman–Crippen MR) is 182 cm³/mol. The fourth-order valence-corrected chi connectivity index (χ4v) is 5.93. The Labute approximate surface area is 289 Å². The first-order valence-electron chi connectivity index (χ1n) is 16.3. The van der Waals surface area contributed by atoms with Gasteiger partial charge >= 0.3 is 12.1 Å². The van der Waals surface area contributed by atoms with E-state index in [-0.39, 0.29) is 48.6 Å². The smallest absolute Gasteiger partial charge is 0.416 e. The number of carbonyl (C=O) groups is 2. The highest BCUT2D eigenvalue weighted by molar-refractivity contribution is 5.82. The maximum Gasteiger partial charge on any atom is 0.416 e. The fourth-order valence-electron chi connectivity index (χ4n) is 5.93. The van der Waals surface area contributed by atoms with Crippen molar-refractivity contribution in [2.45, 2.75) is 79.1 Å². The molecule has 12 heteroatoms. The zero-order valence-electron chi connectivity index (χ0n) is 29.6. The molecule has 0 aliphatic rings. The molecule has 1 heterocycles. The van der Waals surface area contributed by atoms with E-state index in [1.165, 1.54) is 13.0 Å². The Kier molecular flexibility index (Phi) is 13.5. The van der Waals surface area contributed by atoms with E-state index in [4.69, 9.17) is 4.74 Å². The van der Waals surface area contributed by atoms with Crippen molar-refractivity contribution in [2.75, 3.05) is 27.2 Å². The lowest BCUT2D eigenvalue weighted by Crippen LogP contribution is -2.41. The molecule has 0 spiro atoms. The standard InChI is InChI=1S/C38H44F5N3O4/c1-9-12-25-18-27(33-23(5)13-11-14-24(33)6)36(40)34(35(25)39)29(20-32(48)50-10-2)44-37(49)30(17-22(3)4)46-21-26(15-16-45(7)8)28(19-31(46)47)38(41,42)43/h11,13-14,18-19,21-22,29-30H,10,15-17,20H2,1-8H3,(H,44,49). The van der Waals surface area contributed by atoms with Crippen molar-refractivity contribution in [1.82, 2.24) is 14.8 Å². The summed E-state index contributed by atoms with van der Waals surface area (Å²) in [5.41, 5.74) is -1.35. The van der Waals surface area contributed by atoms with Crippen LogP contribution >= 0.6 is 0 Å². The lowest BCUT2D eigenvalue weighted by molar-refractivity contribution is -0.144. The Morgan fingerprint density at radius 1 is 1.06 bits per heavy atom. The summed E-state index contributed by atoms with van der Waals surface area (Å²) >= 11 is 0. The molecule has 2 atom stereocenters. The summed E-state index contributed by atoms with van der Waals surface area (Å²) in [6, 6.07) is 4.02. The first kappa shape index (κ1) is 39.9. The number of aromatic nitrogens is 1. The second kappa shape index (κ2) is 16.9. The van der Waals surface area contributed by atoms with Crippen LogP contribution in [0.25, 0.3) is 11.1 Å². The predicted octanol–water partition coefficient (Wildman–Crippen LogP) is 7.30. The van der Waals surface area contributed by atoms with Crippen molar-refractivity contribution in [3.05, 3.63) is 91.9 Å². The molecule has 3 rings (SSSR count). The fraction of sp³-hybridized carbons (Fsp3) is 0.447. The van der Waals surface area contributed by atoms with E-state index in [1.807, 2.05) is 0 Å². The van der Waals surface area contributed by atoms with Gasteiger partial charge in [-0.3, -0.25) is 14.4 Å². The van der Waals surface area contributed by atoms with Gasteiger partial charge in [-0.2, -0.15) is 13.2 Å². The van der Waals surface area contributed by atoms with Gasteiger partial charge in [0, 0.05) is 29.9 Å². The van der Waals surface area contributed by atoms with E-state index in [1.54, 1.807) is 71.8 Å². The second-order valence-corrected chi connectivity index (χ2v) is 12.9. The number of hydrogen-bond acceptors (Lipinski definition) is 5. The largest absolute Gasteiger partial charge is 0.466 e. The van der Waals surface area contributed by atoms with Crippen molar-refractivity contribution in [3.63, 3.8) is 0 Å². The number of ether oxygens (including phenoxy) is 1. The van der Waals surface area contributed by atoms with Crippen LogP contribution in [0.1, 0.15) is 86.0 Å². The Morgan fingerprint density at radius 3 is 2.24 bits per heavy atom. The molecule has 0 aliphatic heterocycles. The number of rotatable bonds is 13. The van der Waals surface area contributed by atoms with Crippen molar-refractivity contribution in [3.8, 4) is 23.0 Å². The lowest BCUT2D eigenvalue weighted by Gasteiger charge is -2.27. The number of nitrogens with zero attached hydrogens (tertiary/aromatic N) is 2. The molecule has 1 amide bonds. The van der Waals surface area contributed by atoms with Gasteiger partial charge in [-0.05, 0) is 88.9 Å². The monoisotopic (exact) mass is 701 g/mol. The molecular formula is C38H44F5N3O4. The number of pyridine rings is 1. The van der Waals surface area contributed by atoms with Crippen LogP contribution in [0, 0.1) is 43.2 Å². The van der Waals surface area contributed by atoms with Gasteiger partial charge in [0.05, 0.1) is 30.2 Å². The highest BCUT2D eigenvalue weighted by Crippen LogP contribution is 2.37. The van der Waals surface area contributed by atoms with E-state index < -0.39 is 64.9 Å². The third kappa shape index (κ3) is 9.59. The topological polar surface area (TPSA) is 80.6 Å². The second-order valence-electron chi connectivity index (χ2n) is 12.9. The molecule has 2 unspecified atom stereocenters. The number of aryl methyl sites for hydroxylation is 2. The number of benzene rings is 2. The molecule has 0 radical (unpaired) electrons. The van der Waals surface area contributed by atoms with Crippen LogP contribution in [-0.2, 0) is 26.9 Å². The van der Waals surface area contributed by atoms with Gasteiger partial charge in [-0.25, -0.2) is 8.78 Å². The molecule has 1 aromatic heterocycles. The molecule has 7 nitrogen and oxygen atoms in total. The average molecular weight is 702 g/mol. The molecule has 0 bridgehead atoms. The summed E-state index contributed by atoms with van der Waals surface area (Å²) in [6.45, 7) is 10.2. The van der Waals surface area contributed by atoms with Crippen LogP contribution in [0.2, 0.25) is 0 Å². The van der Waals surface area contributed by atoms with Crippen molar-refractivity contribution in [1.29, 1.82) is 0 Å². The van der Waals surface area contributed by atoms with Crippen molar-refractivity contribution < 1.29 is 36.3 Å². The highest BCUT2D eigenvalue weighted by atomic mass is 19.4. The van der Waals surface area contributed by atoms with Crippen molar-refractivity contribution in [2.24, 2.45) is 5.92 Å². The van der Waals surface area contributed by atoms with E-state index in [9.17, 15) is 27.6 Å². The van der Waals surface area contributed by atoms with Gasteiger partial charge in [0.25, 0.3) is 5.56 Å². The number of carbonyl (C=O) groups excluding carboxylic acids is 2. The molecule has 50 heavy (non-hydrogen) atoms. The maximum absolute atomic E-state index is 16.7. The van der Waals surface area contributed by atoms with E-state index >= 15 is 8.78 Å². The Hall–Kier alpha value is -4.50. The van der Waals surface area contributed by atoms with Crippen LogP contribution in [-0.4, -0.2) is 48.6 Å². The molecular weight excluding hydrogens is 657 g/mol. The van der Waals surface area contributed by atoms with Crippen molar-refractivity contribution >= 4 is 11.9 Å². The van der Waals surface area contributed by atoms with Gasteiger partial charge in [0.15, 0.2) is 0 Å². The van der Waals surface area contributed by atoms with Gasteiger partial charge in [-0.1, -0.05) is 38.0 Å². The number of likely N-dealkylation sites (N-methyl/N-ethyl adjacent to an activating group) is 1. The third-order valence-corrected chi connectivity index (χ3v) is 8.22. The van der Waals surface area contributed by atoms with Gasteiger partial charge in [-0.15, -0.1) is 5.92 Å². The number of nitrogens with one attached hydrogen (secondary N) is 1. The van der Waals surface area contributed by atoms with Gasteiger partial charge in [0.2, 0.25) is 5.91 Å². The Morgan fingerprint density at radius 2 is 1.70 bits per heavy atom. The minimum Gasteiger partial charge on any atom is -0.466 e. The third-order valence-electron chi connectivity index (χ3n) is 8.22. The maximum atomic E-state index is 16.7. The Balaban J connectivity index is 2.28. The molecule has 270 valence electrons. The molecule has 0 aliphatic carbocycles. The summed E-state index contributed by atoms with van der Waals surface area (Å²) in [7, 11) is 3.38. The van der Waals surface area contributed by atoms with Gasteiger partial charge < -0.3 is 19.5 Å². The van der Waals surface area contributed by atoms with Crippen LogP contribution in [0.3, 0.4) is 0 Å². The molecule has 3 aromatic rings. The quantitative estimate of drug-likeness (QED) is 0.115. The van der Waals surface area contributed by atoms with E-state index in [0.717, 1.165) is 10.8 Å². The minimum absolute atomic E-state index is 0.00100. The van der Waals surface area contributed by atoms with Gasteiger partial charge in [0.1, 0.15) is 17.7 Å². The number of halogens is 5. The number of amides is 1. The average Bonchev–Trinajstić information content (AvgIpc) is 3.00. The SMILES string of the molecule is CC#Cc1cc(-c2c(C)cccc2C)c(F)c(C(CC(=O)OCC)NC(=O)C(CC(C)C)n2cc(CCN(C)C)c(C(F)(F)F)cc2=O)c1F. The molecule has 0 saturated heterocycles. The zero-order chi connectivity index (χ0) is 37.5. The van der Waals surface area contributed by atoms with Crippen LogP contribution < -0.4 is 10.9 Å². The highest BCUT2D eigenvalue weighted by Gasteiger charge is 2.36. The molecule has 1 N–H and O–H groups in total. The number of alkyl halides is 3. The molecule has 0 saturated carbocycles. The summed E-state index contributed by atoms with van der Waals surface area (Å²) in [4.78, 5) is 42.0. The normalized spacial score (nSPS) is 12.8. The minimum atomic E-state index is -4.82. The summed E-state index contributed by atoms with van der Waals surface area (Å²) in [5.74, 6) is 1.09. The Bertz CT molecular complexity index is 1820. The summed E-state index contributed by atoms with van der Waals surface area (Å²) in [5, 5.41) is 2.57. The van der Waals surface area contributed by atoms with E-state index in [0.29, 0.717) is 22.8 Å². The molecule has 2 aromatic carbocycles. The van der Waals surface area contributed by atoms with Crippen LogP contribution in [0.15, 0.2) is 41.3 Å². The molecule has 0 fully saturated rings. The van der Waals surface area contributed by atoms with E-state index in [2.05, 4.69) is 17.2 Å². The number of hydrogen-bond donors (Lipinski definition) is 1.